The minimum Gasteiger partial charge on any atom is -0.449 e. The molecule has 0 saturated heterocycles. The van der Waals surface area contributed by atoms with Crippen molar-refractivity contribution >= 4 is 10.0 Å². The predicted molar refractivity (Wildman–Crippen MR) is 63.3 cm³/mol. The van der Waals surface area contributed by atoms with Crippen molar-refractivity contribution in [1.29, 1.82) is 0 Å². The minimum absolute atomic E-state index is 0.0783. The molecule has 1 unspecified atom stereocenters. The zero-order valence-electron chi connectivity index (χ0n) is 10.1. The fourth-order valence-corrected chi connectivity index (χ4v) is 2.73. The Morgan fingerprint density at radius 1 is 1.50 bits per heavy atom. The number of rotatable bonds is 5. The van der Waals surface area contributed by atoms with Crippen LogP contribution in [0, 0.1) is 6.92 Å². The molecule has 0 bridgehead atoms. The van der Waals surface area contributed by atoms with E-state index in [0.717, 1.165) is 0 Å². The van der Waals surface area contributed by atoms with Crippen molar-refractivity contribution in [1.82, 2.24) is 19.5 Å². The zero-order valence-corrected chi connectivity index (χ0v) is 10.9. The van der Waals surface area contributed by atoms with Gasteiger partial charge in [0.15, 0.2) is 0 Å². The summed E-state index contributed by atoms with van der Waals surface area (Å²) in [5.74, 6) is 0.555. The first-order chi connectivity index (χ1) is 8.47. The Morgan fingerprint density at radius 3 is 2.83 bits per heavy atom. The van der Waals surface area contributed by atoms with E-state index >= 15 is 0 Å². The van der Waals surface area contributed by atoms with Gasteiger partial charge < -0.3 is 4.42 Å². The van der Waals surface area contributed by atoms with Gasteiger partial charge in [0.05, 0.1) is 6.54 Å². The number of nitrogens with one attached hydrogen (secondary N) is 1. The van der Waals surface area contributed by atoms with Crippen molar-refractivity contribution in [2.75, 3.05) is 0 Å². The van der Waals surface area contributed by atoms with E-state index in [0.29, 0.717) is 12.3 Å². The molecule has 2 aromatic heterocycles. The van der Waals surface area contributed by atoms with Gasteiger partial charge in [-0.25, -0.2) is 18.1 Å². The van der Waals surface area contributed by atoms with Crippen LogP contribution < -0.4 is 4.72 Å². The number of sulfonamides is 1. The third-order valence-corrected chi connectivity index (χ3v) is 3.73. The van der Waals surface area contributed by atoms with Crippen LogP contribution in [-0.4, -0.2) is 29.2 Å². The number of aromatic nitrogens is 3. The average Bonchev–Trinajstić information content (AvgIpc) is 2.88. The van der Waals surface area contributed by atoms with Gasteiger partial charge in [-0.15, -0.1) is 0 Å². The number of nitrogens with zero attached hydrogens (tertiary/aromatic N) is 3. The van der Waals surface area contributed by atoms with Gasteiger partial charge >= 0.3 is 0 Å². The largest absolute Gasteiger partial charge is 0.449 e. The van der Waals surface area contributed by atoms with Gasteiger partial charge in [0.2, 0.25) is 5.09 Å². The number of furan rings is 1. The van der Waals surface area contributed by atoms with E-state index in [1.165, 1.54) is 18.7 Å². The Balaban J connectivity index is 2.04. The molecule has 1 atom stereocenters. The molecule has 98 valence electrons. The van der Waals surface area contributed by atoms with Gasteiger partial charge in [0, 0.05) is 6.04 Å². The summed E-state index contributed by atoms with van der Waals surface area (Å²) in [5.41, 5.74) is 0. The van der Waals surface area contributed by atoms with E-state index in [-0.39, 0.29) is 11.1 Å². The van der Waals surface area contributed by atoms with Crippen LogP contribution in [0.3, 0.4) is 0 Å². The standard InChI is InChI=1S/C10H14N4O3S/c1-8(5-14-7-11-6-12-14)13-18(15,16)10-4-3-9(2)17-10/h3-4,6-8,13H,5H2,1-2H3. The molecule has 2 rings (SSSR count). The molecule has 2 heterocycles. The van der Waals surface area contributed by atoms with Gasteiger partial charge in [0.1, 0.15) is 18.4 Å². The molecule has 8 heteroatoms. The molecule has 1 N–H and O–H groups in total. The van der Waals surface area contributed by atoms with E-state index in [1.54, 1.807) is 24.6 Å². The fourth-order valence-electron chi connectivity index (χ4n) is 1.52. The van der Waals surface area contributed by atoms with Gasteiger partial charge in [-0.3, -0.25) is 4.68 Å². The highest BCUT2D eigenvalue weighted by molar-refractivity contribution is 7.89. The Hall–Kier alpha value is -1.67. The predicted octanol–water partition coefficient (Wildman–Crippen LogP) is 0.547. The summed E-state index contributed by atoms with van der Waals surface area (Å²) in [7, 11) is -3.62. The minimum atomic E-state index is -3.62. The highest BCUT2D eigenvalue weighted by atomic mass is 32.2. The maximum absolute atomic E-state index is 11.9. The van der Waals surface area contributed by atoms with Crippen molar-refractivity contribution in [2.24, 2.45) is 0 Å². The van der Waals surface area contributed by atoms with E-state index < -0.39 is 10.0 Å². The molecule has 2 aromatic rings. The third kappa shape index (κ3) is 2.96. The highest BCUT2D eigenvalue weighted by Crippen LogP contribution is 2.13. The maximum Gasteiger partial charge on any atom is 0.274 e. The number of hydrogen-bond donors (Lipinski definition) is 1. The topological polar surface area (TPSA) is 90.0 Å². The summed E-state index contributed by atoms with van der Waals surface area (Å²) < 4.78 is 33.0. The van der Waals surface area contributed by atoms with Crippen LogP contribution in [0.25, 0.3) is 0 Å². The van der Waals surface area contributed by atoms with Crippen LogP contribution in [0.15, 0.2) is 34.3 Å². The summed E-state index contributed by atoms with van der Waals surface area (Å²) in [6.45, 7) is 3.84. The average molecular weight is 270 g/mol. The Morgan fingerprint density at radius 2 is 2.28 bits per heavy atom. The SMILES string of the molecule is Cc1ccc(S(=O)(=O)NC(C)Cn2cncn2)o1. The molecule has 0 saturated carbocycles. The second-order valence-electron chi connectivity index (χ2n) is 4.00. The number of aryl methyl sites for hydroxylation is 1. The Bertz CT molecular complexity index is 603. The molecule has 7 nitrogen and oxygen atoms in total. The smallest absolute Gasteiger partial charge is 0.274 e. The summed E-state index contributed by atoms with van der Waals surface area (Å²) in [6.07, 6.45) is 2.93. The first-order valence-electron chi connectivity index (χ1n) is 5.38. The zero-order chi connectivity index (χ0) is 13.2. The fraction of sp³-hybridized carbons (Fsp3) is 0.400. The van der Waals surface area contributed by atoms with Crippen molar-refractivity contribution < 1.29 is 12.8 Å². The maximum atomic E-state index is 11.9. The van der Waals surface area contributed by atoms with Gasteiger partial charge in [0.25, 0.3) is 10.0 Å². The summed E-state index contributed by atoms with van der Waals surface area (Å²) in [4.78, 5) is 3.79. The molecule has 0 radical (unpaired) electrons. The summed E-state index contributed by atoms with van der Waals surface area (Å²) in [5, 5.41) is 3.83. The molecule has 0 fully saturated rings. The van der Waals surface area contributed by atoms with E-state index in [1.807, 2.05) is 0 Å². The molecule has 0 aliphatic rings. The lowest BCUT2D eigenvalue weighted by molar-refractivity contribution is 0.418. The first kappa shape index (κ1) is 12.8. The van der Waals surface area contributed by atoms with Crippen molar-refractivity contribution in [3.63, 3.8) is 0 Å². The molecule has 0 aromatic carbocycles. The Kier molecular flexibility index (Phi) is 3.48. The normalized spacial score (nSPS) is 13.7. The monoisotopic (exact) mass is 270 g/mol. The molecule has 0 spiro atoms. The third-order valence-electron chi connectivity index (χ3n) is 2.26. The molecule has 0 aliphatic heterocycles. The second-order valence-corrected chi connectivity index (χ2v) is 5.65. The van der Waals surface area contributed by atoms with Gasteiger partial charge in [-0.1, -0.05) is 0 Å². The lowest BCUT2D eigenvalue weighted by Crippen LogP contribution is -2.35. The van der Waals surface area contributed by atoms with E-state index in [4.69, 9.17) is 4.42 Å². The van der Waals surface area contributed by atoms with Gasteiger partial charge in [-0.2, -0.15) is 5.10 Å². The van der Waals surface area contributed by atoms with Crippen molar-refractivity contribution in [2.45, 2.75) is 31.5 Å². The molecule has 0 aliphatic carbocycles. The van der Waals surface area contributed by atoms with Crippen LogP contribution in [0.4, 0.5) is 0 Å². The lowest BCUT2D eigenvalue weighted by atomic mass is 10.4. The molecule has 18 heavy (non-hydrogen) atoms. The van der Waals surface area contributed by atoms with E-state index in [2.05, 4.69) is 14.8 Å². The van der Waals surface area contributed by atoms with Crippen LogP contribution >= 0.6 is 0 Å². The molecule has 0 amide bonds. The van der Waals surface area contributed by atoms with Crippen LogP contribution in [0.1, 0.15) is 12.7 Å². The van der Waals surface area contributed by atoms with Crippen molar-refractivity contribution in [3.8, 4) is 0 Å². The van der Waals surface area contributed by atoms with Crippen molar-refractivity contribution in [3.05, 3.63) is 30.5 Å². The quantitative estimate of drug-likeness (QED) is 0.856. The van der Waals surface area contributed by atoms with E-state index in [9.17, 15) is 8.42 Å². The number of hydrogen-bond acceptors (Lipinski definition) is 5. The highest BCUT2D eigenvalue weighted by Gasteiger charge is 2.20. The van der Waals surface area contributed by atoms with Crippen LogP contribution in [-0.2, 0) is 16.6 Å². The van der Waals surface area contributed by atoms with Crippen LogP contribution in [0.5, 0.6) is 0 Å². The van der Waals surface area contributed by atoms with Crippen LogP contribution in [0.2, 0.25) is 0 Å². The summed E-state index contributed by atoms with van der Waals surface area (Å²) in [6, 6.07) is 2.72. The molecular weight excluding hydrogens is 256 g/mol. The summed E-state index contributed by atoms with van der Waals surface area (Å²) >= 11 is 0. The lowest BCUT2D eigenvalue weighted by Gasteiger charge is -2.12. The molecular formula is C10H14N4O3S. The van der Waals surface area contributed by atoms with Gasteiger partial charge in [-0.05, 0) is 26.0 Å². The Labute approximate surface area is 105 Å². The first-order valence-corrected chi connectivity index (χ1v) is 6.87. The second kappa shape index (κ2) is 4.91.